The quantitative estimate of drug-likeness (QED) is 0.620. The van der Waals surface area contributed by atoms with E-state index in [9.17, 15) is 14.5 Å². The van der Waals surface area contributed by atoms with Gasteiger partial charge in [0, 0.05) is 22.9 Å². The summed E-state index contributed by atoms with van der Waals surface area (Å²) in [4.78, 5) is 12.1. The van der Waals surface area contributed by atoms with Crippen LogP contribution in [0.4, 0.5) is 10.1 Å². The van der Waals surface area contributed by atoms with Crippen LogP contribution in [-0.2, 0) is 21.7 Å². The highest BCUT2D eigenvalue weighted by Crippen LogP contribution is 2.47. The Morgan fingerprint density at radius 2 is 2.00 bits per heavy atom. The molecule has 24 heavy (non-hydrogen) atoms. The lowest BCUT2D eigenvalue weighted by Gasteiger charge is -2.23. The van der Waals surface area contributed by atoms with Gasteiger partial charge in [-0.1, -0.05) is 17.8 Å². The second kappa shape index (κ2) is 5.84. The molecule has 0 radical (unpaired) electrons. The van der Waals surface area contributed by atoms with Gasteiger partial charge in [-0.05, 0) is 36.2 Å². The van der Waals surface area contributed by atoms with Gasteiger partial charge in [0.25, 0.3) is 5.69 Å². The van der Waals surface area contributed by atoms with Gasteiger partial charge in [0.05, 0.1) is 23.0 Å². The van der Waals surface area contributed by atoms with Crippen molar-refractivity contribution in [2.24, 2.45) is 0 Å². The number of nitro benzene ring substituents is 1. The number of rotatable bonds is 3. The van der Waals surface area contributed by atoms with E-state index >= 15 is 0 Å². The van der Waals surface area contributed by atoms with Gasteiger partial charge in [0.15, 0.2) is 5.79 Å². The van der Waals surface area contributed by atoms with Crippen molar-refractivity contribution in [1.29, 1.82) is 0 Å². The lowest BCUT2D eigenvalue weighted by atomic mass is 10.1. The van der Waals surface area contributed by atoms with E-state index in [1.54, 1.807) is 24.3 Å². The van der Waals surface area contributed by atoms with E-state index in [0.717, 1.165) is 11.1 Å². The molecule has 124 valence electrons. The Morgan fingerprint density at radius 1 is 1.21 bits per heavy atom. The summed E-state index contributed by atoms with van der Waals surface area (Å²) in [5.41, 5.74) is 1.76. The summed E-state index contributed by atoms with van der Waals surface area (Å²) in [5.74, 6) is -1.15. The number of fused-ring (bicyclic) bond motifs is 2. The molecule has 0 saturated carbocycles. The Labute approximate surface area is 141 Å². The maximum absolute atomic E-state index is 13.4. The van der Waals surface area contributed by atoms with E-state index in [-0.39, 0.29) is 11.5 Å². The van der Waals surface area contributed by atoms with Crippen molar-refractivity contribution in [3.05, 3.63) is 63.5 Å². The first kappa shape index (κ1) is 15.6. The molecule has 0 N–H and O–H groups in total. The van der Waals surface area contributed by atoms with E-state index < -0.39 is 10.7 Å². The molecule has 5 nitrogen and oxygen atoms in total. The summed E-state index contributed by atoms with van der Waals surface area (Å²) < 4.78 is 25.0. The van der Waals surface area contributed by atoms with Crippen LogP contribution in [0.2, 0.25) is 0 Å². The second-order valence-electron chi connectivity index (χ2n) is 5.74. The smallest absolute Gasteiger partial charge is 0.283 e. The molecule has 1 heterocycles. The van der Waals surface area contributed by atoms with Crippen LogP contribution in [0.25, 0.3) is 0 Å². The zero-order valence-corrected chi connectivity index (χ0v) is 13.5. The number of ether oxygens (including phenoxy) is 2. The van der Waals surface area contributed by atoms with Crippen LogP contribution < -0.4 is 0 Å². The van der Waals surface area contributed by atoms with Crippen molar-refractivity contribution in [1.82, 2.24) is 0 Å². The molecule has 4 rings (SSSR count). The molecule has 2 aromatic rings. The number of hydrogen-bond donors (Lipinski definition) is 0. The van der Waals surface area contributed by atoms with Crippen LogP contribution in [0, 0.1) is 15.9 Å². The summed E-state index contributed by atoms with van der Waals surface area (Å²) in [6.45, 7) is 1.03. The number of nitro groups is 1. The lowest BCUT2D eigenvalue weighted by Crippen LogP contribution is -2.23. The Bertz CT molecular complexity index is 820. The Kier molecular flexibility index (Phi) is 3.79. The van der Waals surface area contributed by atoms with Gasteiger partial charge in [-0.15, -0.1) is 0 Å². The molecule has 0 aromatic heterocycles. The third-order valence-electron chi connectivity index (χ3n) is 4.29. The highest BCUT2D eigenvalue weighted by atomic mass is 32.2. The molecule has 1 saturated heterocycles. The third kappa shape index (κ3) is 2.58. The molecule has 1 spiro atoms. The van der Waals surface area contributed by atoms with Crippen molar-refractivity contribution >= 4 is 17.4 Å². The zero-order chi connectivity index (χ0) is 16.7. The molecule has 2 aliphatic rings. The average molecular weight is 347 g/mol. The lowest BCUT2D eigenvalue weighted by molar-refractivity contribution is -0.387. The molecule has 0 amide bonds. The maximum Gasteiger partial charge on any atom is 0.283 e. The summed E-state index contributed by atoms with van der Waals surface area (Å²) >= 11 is 1.17. The molecule has 0 unspecified atom stereocenters. The van der Waals surface area contributed by atoms with Crippen molar-refractivity contribution in [3.8, 4) is 0 Å². The molecule has 1 aliphatic carbocycles. The predicted octanol–water partition coefficient (Wildman–Crippen LogP) is 4.03. The van der Waals surface area contributed by atoms with Crippen molar-refractivity contribution in [2.45, 2.75) is 28.4 Å². The van der Waals surface area contributed by atoms with E-state index in [2.05, 4.69) is 0 Å². The molecule has 0 atom stereocenters. The fourth-order valence-electron chi connectivity index (χ4n) is 3.24. The first-order valence-electron chi connectivity index (χ1n) is 7.60. The third-order valence-corrected chi connectivity index (χ3v) is 5.33. The number of nitrogens with zero attached hydrogens (tertiary/aromatic N) is 1. The van der Waals surface area contributed by atoms with Gasteiger partial charge < -0.3 is 9.47 Å². The molecule has 0 bridgehead atoms. The van der Waals surface area contributed by atoms with Gasteiger partial charge in [-0.25, -0.2) is 4.39 Å². The Hall–Kier alpha value is -1.96. The van der Waals surface area contributed by atoms with Gasteiger partial charge in [0.1, 0.15) is 5.82 Å². The first-order valence-corrected chi connectivity index (χ1v) is 8.42. The number of benzene rings is 2. The summed E-state index contributed by atoms with van der Waals surface area (Å²) in [5, 5.41) is 11.4. The normalized spacial score (nSPS) is 18.0. The summed E-state index contributed by atoms with van der Waals surface area (Å²) in [6, 6.07) is 9.37. The number of hydrogen-bond acceptors (Lipinski definition) is 5. The summed E-state index contributed by atoms with van der Waals surface area (Å²) in [6.07, 6.45) is 1.34. The van der Waals surface area contributed by atoms with Gasteiger partial charge in [0.2, 0.25) is 0 Å². The Morgan fingerprint density at radius 3 is 2.71 bits per heavy atom. The van der Waals surface area contributed by atoms with Crippen LogP contribution in [0.5, 0.6) is 0 Å². The van der Waals surface area contributed by atoms with Crippen molar-refractivity contribution in [3.63, 3.8) is 0 Å². The van der Waals surface area contributed by atoms with Crippen LogP contribution in [0.1, 0.15) is 17.5 Å². The first-order chi connectivity index (χ1) is 11.6. The van der Waals surface area contributed by atoms with Gasteiger partial charge in [-0.2, -0.15) is 0 Å². The second-order valence-corrected chi connectivity index (χ2v) is 6.86. The predicted molar refractivity (Wildman–Crippen MR) is 85.5 cm³/mol. The standard InChI is InChI=1S/C17H14FNO4S/c18-12-2-1-3-13(9-12)24-16-10-14-11(8-15(16)19(20)21)4-5-17(14)22-6-7-23-17/h1-3,8-10H,4-7H2. The fourth-order valence-corrected chi connectivity index (χ4v) is 4.23. The Balaban J connectivity index is 1.79. The van der Waals surface area contributed by atoms with E-state index in [1.165, 1.54) is 23.9 Å². The van der Waals surface area contributed by atoms with Crippen molar-refractivity contribution < 1.29 is 18.8 Å². The highest BCUT2D eigenvalue weighted by molar-refractivity contribution is 7.99. The zero-order valence-electron chi connectivity index (χ0n) is 12.7. The molecule has 1 fully saturated rings. The van der Waals surface area contributed by atoms with Crippen LogP contribution in [-0.4, -0.2) is 18.1 Å². The van der Waals surface area contributed by atoms with Gasteiger partial charge >= 0.3 is 0 Å². The molecule has 7 heteroatoms. The summed E-state index contributed by atoms with van der Waals surface area (Å²) in [7, 11) is 0. The van der Waals surface area contributed by atoms with E-state index in [1.807, 2.05) is 0 Å². The highest BCUT2D eigenvalue weighted by Gasteiger charge is 2.45. The number of aryl methyl sites for hydroxylation is 1. The van der Waals surface area contributed by atoms with Crippen LogP contribution >= 0.6 is 11.8 Å². The molecular weight excluding hydrogens is 333 g/mol. The van der Waals surface area contributed by atoms with Crippen LogP contribution in [0.3, 0.4) is 0 Å². The molecule has 1 aliphatic heterocycles. The fraction of sp³-hybridized carbons (Fsp3) is 0.294. The maximum atomic E-state index is 13.4. The van der Waals surface area contributed by atoms with E-state index in [0.29, 0.717) is 35.8 Å². The molecule has 2 aromatic carbocycles. The van der Waals surface area contributed by atoms with Gasteiger partial charge in [-0.3, -0.25) is 10.1 Å². The van der Waals surface area contributed by atoms with Crippen LogP contribution in [0.15, 0.2) is 46.2 Å². The average Bonchev–Trinajstić information content (AvgIpc) is 3.16. The minimum absolute atomic E-state index is 0.0260. The topological polar surface area (TPSA) is 61.6 Å². The van der Waals surface area contributed by atoms with Crippen molar-refractivity contribution in [2.75, 3.05) is 13.2 Å². The molecular formula is C17H14FNO4S. The monoisotopic (exact) mass is 347 g/mol. The minimum atomic E-state index is -0.776. The largest absolute Gasteiger partial charge is 0.343 e. The minimum Gasteiger partial charge on any atom is -0.343 e. The SMILES string of the molecule is O=[N+]([O-])c1cc2c(cc1Sc1cccc(F)c1)C1(CC2)OCCO1. The van der Waals surface area contributed by atoms with E-state index in [4.69, 9.17) is 9.47 Å². The number of halogens is 1.